The average molecular weight is 585 g/mol. The van der Waals surface area contributed by atoms with Gasteiger partial charge in [0.15, 0.2) is 11.5 Å². The Labute approximate surface area is 217 Å². The number of nitrogens with one attached hydrogen (secondary N) is 3. The zero-order valence-electron chi connectivity index (χ0n) is 19.8. The number of alkyl halides is 1. The van der Waals surface area contributed by atoms with Gasteiger partial charge in [0.05, 0.1) is 29.4 Å². The number of halogens is 1. The summed E-state index contributed by atoms with van der Waals surface area (Å²) in [6.07, 6.45) is 1.66. The largest absolute Gasteiger partial charge is 0.496 e. The van der Waals surface area contributed by atoms with Gasteiger partial charge in [-0.05, 0) is 42.4 Å². The van der Waals surface area contributed by atoms with Gasteiger partial charge in [-0.25, -0.2) is 4.98 Å². The second-order valence-electron chi connectivity index (χ2n) is 8.79. The second kappa shape index (κ2) is 10.3. The van der Waals surface area contributed by atoms with Gasteiger partial charge in [-0.1, -0.05) is 34.7 Å². The average Bonchev–Trinajstić information content (AvgIpc) is 3.51. The first-order valence-corrected chi connectivity index (χ1v) is 13.0. The van der Waals surface area contributed by atoms with Crippen LogP contribution in [-0.4, -0.2) is 76.2 Å². The molecule has 3 N–H and O–H groups in total. The smallest absolute Gasteiger partial charge is 0.259 e. The topological polar surface area (TPSA) is 102 Å². The number of nitrogens with zero attached hydrogens (tertiary/aromatic N) is 4. The fraction of sp³-hybridized carbons (Fsp3) is 0.320. The second-order valence-corrected chi connectivity index (χ2v) is 9.55. The number of anilines is 1. The molecule has 0 aliphatic carbocycles. The third-order valence-corrected chi connectivity index (χ3v) is 7.21. The van der Waals surface area contributed by atoms with Crippen LogP contribution in [0.4, 0.5) is 5.69 Å². The van der Waals surface area contributed by atoms with Gasteiger partial charge in [-0.3, -0.25) is 14.8 Å². The fourth-order valence-corrected chi connectivity index (χ4v) is 4.77. The summed E-state index contributed by atoms with van der Waals surface area (Å²) in [5.41, 5.74) is 5.67. The van der Waals surface area contributed by atoms with Gasteiger partial charge in [-0.2, -0.15) is 5.10 Å². The molecule has 0 unspecified atom stereocenters. The molecule has 0 bridgehead atoms. The van der Waals surface area contributed by atoms with Gasteiger partial charge in [-0.15, -0.1) is 0 Å². The lowest BCUT2D eigenvalue weighted by atomic mass is 10.1. The number of likely N-dealkylation sites (N-methyl/N-ethyl adjacent to an activating group) is 1. The van der Waals surface area contributed by atoms with Crippen molar-refractivity contribution >= 4 is 45.2 Å². The van der Waals surface area contributed by atoms with Crippen LogP contribution in [0.25, 0.3) is 22.6 Å². The highest BCUT2D eigenvalue weighted by molar-refractivity contribution is 14.1. The van der Waals surface area contributed by atoms with Crippen LogP contribution in [0.3, 0.4) is 0 Å². The summed E-state index contributed by atoms with van der Waals surface area (Å²) in [6, 6.07) is 11.9. The molecule has 0 radical (unpaired) electrons. The molecule has 35 heavy (non-hydrogen) atoms. The highest BCUT2D eigenvalue weighted by atomic mass is 127. The van der Waals surface area contributed by atoms with E-state index in [4.69, 9.17) is 9.72 Å². The Morgan fingerprint density at radius 1 is 1.14 bits per heavy atom. The number of carbonyl (C=O) groups excluding carboxylic acids is 1. The number of benzene rings is 2. The van der Waals surface area contributed by atoms with Gasteiger partial charge in [0.2, 0.25) is 0 Å². The summed E-state index contributed by atoms with van der Waals surface area (Å²) in [5, 5.41) is 10.2. The molecule has 1 aliphatic rings. The van der Waals surface area contributed by atoms with E-state index in [1.807, 2.05) is 18.2 Å². The molecule has 1 fully saturated rings. The molecule has 182 valence electrons. The van der Waals surface area contributed by atoms with Crippen molar-refractivity contribution in [1.82, 2.24) is 30.0 Å². The molecular formula is C25H28IN7O2. The quantitative estimate of drug-likeness (QED) is 0.225. The number of piperazine rings is 1. The molecule has 3 heterocycles. The van der Waals surface area contributed by atoms with Crippen LogP contribution in [0, 0.1) is 0 Å². The number of carbonyl (C=O) groups is 1. The Morgan fingerprint density at radius 2 is 1.94 bits per heavy atom. The lowest BCUT2D eigenvalue weighted by molar-refractivity contribution is 0.102. The first-order valence-electron chi connectivity index (χ1n) is 11.5. The monoisotopic (exact) mass is 585 g/mol. The van der Waals surface area contributed by atoms with Crippen molar-refractivity contribution in [2.75, 3.05) is 45.7 Å². The van der Waals surface area contributed by atoms with Crippen molar-refractivity contribution in [2.45, 2.75) is 11.0 Å². The van der Waals surface area contributed by atoms with E-state index in [2.05, 4.69) is 78.1 Å². The standard InChI is InChI=1S/C25H28IN7O2/c1-32-7-9-33(10-8-32)15-17-3-5-19-20(12-17)29-24(28-19)23-21(14-27-31-23)30-25(34)18-11-16(13-26)4-6-22(18)35-2/h3-6,11-12,14H,7-10,13,15H2,1-2H3,(H,27,31)(H,28,29)(H,30,34). The maximum Gasteiger partial charge on any atom is 0.259 e. The predicted octanol–water partition coefficient (Wildman–Crippen LogP) is 3.90. The van der Waals surface area contributed by atoms with E-state index in [-0.39, 0.29) is 5.91 Å². The number of hydrogen-bond donors (Lipinski definition) is 3. The third kappa shape index (κ3) is 5.19. The summed E-state index contributed by atoms with van der Waals surface area (Å²) in [4.78, 5) is 26.0. The molecule has 9 nitrogen and oxygen atoms in total. The minimum atomic E-state index is -0.262. The summed E-state index contributed by atoms with van der Waals surface area (Å²) in [6.45, 7) is 5.24. The van der Waals surface area contributed by atoms with Crippen LogP contribution in [0.2, 0.25) is 0 Å². The number of rotatable bonds is 7. The van der Waals surface area contributed by atoms with Crippen molar-refractivity contribution in [2.24, 2.45) is 0 Å². The van der Waals surface area contributed by atoms with Gasteiger partial charge < -0.3 is 19.9 Å². The summed E-state index contributed by atoms with van der Waals surface area (Å²) in [7, 11) is 3.73. The minimum absolute atomic E-state index is 0.262. The van der Waals surface area contributed by atoms with Crippen LogP contribution in [0.1, 0.15) is 21.5 Å². The minimum Gasteiger partial charge on any atom is -0.496 e. The highest BCUT2D eigenvalue weighted by Gasteiger charge is 2.19. The van der Waals surface area contributed by atoms with E-state index < -0.39 is 0 Å². The van der Waals surface area contributed by atoms with Crippen molar-refractivity contribution in [1.29, 1.82) is 0 Å². The molecule has 0 atom stereocenters. The normalized spacial score (nSPS) is 14.9. The molecule has 4 aromatic rings. The molecule has 0 spiro atoms. The lowest BCUT2D eigenvalue weighted by Gasteiger charge is -2.32. The van der Waals surface area contributed by atoms with E-state index in [0.717, 1.165) is 53.7 Å². The molecule has 1 saturated heterocycles. The predicted molar refractivity (Wildman–Crippen MR) is 145 cm³/mol. The van der Waals surface area contributed by atoms with E-state index in [0.29, 0.717) is 28.5 Å². The van der Waals surface area contributed by atoms with Crippen molar-refractivity contribution in [3.8, 4) is 17.3 Å². The van der Waals surface area contributed by atoms with E-state index in [1.54, 1.807) is 13.3 Å². The molecule has 2 aromatic carbocycles. The van der Waals surface area contributed by atoms with Crippen LogP contribution in [-0.2, 0) is 11.0 Å². The maximum absolute atomic E-state index is 13.1. The number of fused-ring (bicyclic) bond motifs is 1. The number of aromatic amines is 2. The molecule has 0 saturated carbocycles. The summed E-state index contributed by atoms with van der Waals surface area (Å²) in [5.74, 6) is 0.862. The van der Waals surface area contributed by atoms with Gasteiger partial charge >= 0.3 is 0 Å². The molecular weight excluding hydrogens is 557 g/mol. The van der Waals surface area contributed by atoms with E-state index in [1.165, 1.54) is 5.56 Å². The Morgan fingerprint density at radius 3 is 2.71 bits per heavy atom. The van der Waals surface area contributed by atoms with Crippen LogP contribution < -0.4 is 10.1 Å². The van der Waals surface area contributed by atoms with Crippen LogP contribution >= 0.6 is 22.6 Å². The SMILES string of the molecule is COc1ccc(CI)cc1C(=O)Nc1c[nH]nc1-c1nc2cc(CN3CCN(C)CC3)ccc2[nH]1. The van der Waals surface area contributed by atoms with Crippen molar-refractivity contribution in [3.05, 3.63) is 59.3 Å². The Bertz CT molecular complexity index is 1340. The van der Waals surface area contributed by atoms with E-state index in [9.17, 15) is 4.79 Å². The maximum atomic E-state index is 13.1. The van der Waals surface area contributed by atoms with E-state index >= 15 is 0 Å². The first kappa shape index (κ1) is 23.8. The summed E-state index contributed by atoms with van der Waals surface area (Å²) < 4.78 is 6.20. The molecule has 5 rings (SSSR count). The molecule has 1 amide bonds. The Hall–Kier alpha value is -2.96. The molecule has 1 aliphatic heterocycles. The summed E-state index contributed by atoms with van der Waals surface area (Å²) >= 11 is 2.27. The zero-order chi connectivity index (χ0) is 24.4. The highest BCUT2D eigenvalue weighted by Crippen LogP contribution is 2.28. The van der Waals surface area contributed by atoms with Crippen LogP contribution in [0.15, 0.2) is 42.6 Å². The third-order valence-electron chi connectivity index (χ3n) is 6.33. The molecule has 2 aromatic heterocycles. The first-order chi connectivity index (χ1) is 17.0. The van der Waals surface area contributed by atoms with Crippen molar-refractivity contribution in [3.63, 3.8) is 0 Å². The lowest BCUT2D eigenvalue weighted by Crippen LogP contribution is -2.43. The number of aromatic nitrogens is 4. The number of hydrogen-bond acceptors (Lipinski definition) is 6. The fourth-order valence-electron chi connectivity index (χ4n) is 4.30. The molecule has 10 heteroatoms. The Balaban J connectivity index is 1.36. The number of imidazole rings is 1. The number of amides is 1. The number of ether oxygens (including phenoxy) is 1. The Kier molecular flexibility index (Phi) is 7.02. The number of H-pyrrole nitrogens is 2. The van der Waals surface area contributed by atoms with Crippen molar-refractivity contribution < 1.29 is 9.53 Å². The number of methoxy groups -OCH3 is 1. The van der Waals surface area contributed by atoms with Gasteiger partial charge in [0.25, 0.3) is 5.91 Å². The van der Waals surface area contributed by atoms with Gasteiger partial charge in [0.1, 0.15) is 5.75 Å². The zero-order valence-corrected chi connectivity index (χ0v) is 21.9. The van der Waals surface area contributed by atoms with Crippen LogP contribution in [0.5, 0.6) is 5.75 Å². The van der Waals surface area contributed by atoms with Gasteiger partial charge in [0, 0.05) is 43.3 Å².